The summed E-state index contributed by atoms with van der Waals surface area (Å²) < 4.78 is 22.8. The van der Waals surface area contributed by atoms with E-state index in [9.17, 15) is 13.2 Å². The van der Waals surface area contributed by atoms with E-state index in [-0.39, 0.29) is 17.4 Å². The fourth-order valence-corrected chi connectivity index (χ4v) is 5.29. The number of nitrogens with one attached hydrogen (secondary N) is 1. The lowest BCUT2D eigenvalue weighted by atomic mass is 10.2. The largest absolute Gasteiger partial charge is 0.346 e. The van der Waals surface area contributed by atoms with Gasteiger partial charge in [-0.05, 0) is 13.8 Å². The number of halogens is 1. The summed E-state index contributed by atoms with van der Waals surface area (Å²) in [7, 11) is -3.14. The van der Waals surface area contributed by atoms with Crippen molar-refractivity contribution in [3.05, 3.63) is 15.6 Å². The molecule has 1 aliphatic rings. The molecule has 2 atom stereocenters. The third-order valence-corrected chi connectivity index (χ3v) is 6.16. The first-order valence-corrected chi connectivity index (χ1v) is 8.45. The summed E-state index contributed by atoms with van der Waals surface area (Å²) in [6.07, 6.45) is 0. The maximum absolute atomic E-state index is 12.0. The minimum absolute atomic E-state index is 0.0831. The summed E-state index contributed by atoms with van der Waals surface area (Å²) in [4.78, 5) is 16.7. The lowest BCUT2D eigenvalue weighted by molar-refractivity contribution is 0.0945. The number of hydrogen-bond acceptors (Lipinski definition) is 5. The normalized spacial score (nSPS) is 26.2. The van der Waals surface area contributed by atoms with Gasteiger partial charge < -0.3 is 5.32 Å². The van der Waals surface area contributed by atoms with Gasteiger partial charge >= 0.3 is 0 Å². The number of aryl methyl sites for hydroxylation is 2. The van der Waals surface area contributed by atoms with Crippen molar-refractivity contribution in [3.63, 3.8) is 0 Å². The average molecular weight is 309 g/mol. The van der Waals surface area contributed by atoms with Gasteiger partial charge in [0, 0.05) is 0 Å². The van der Waals surface area contributed by atoms with Crippen molar-refractivity contribution in [2.24, 2.45) is 0 Å². The molecule has 100 valence electrons. The standard InChI is InChI=1S/C10H13ClN2O3S2/c1-5-9(17-6(2)12-5)10(14)13-8-4-18(15,16)3-7(8)11/h7-8H,3-4H2,1-2H3,(H,13,14). The molecule has 1 aromatic heterocycles. The Morgan fingerprint density at radius 3 is 2.56 bits per heavy atom. The highest BCUT2D eigenvalue weighted by Crippen LogP contribution is 2.21. The minimum atomic E-state index is -3.14. The molecule has 1 aromatic rings. The van der Waals surface area contributed by atoms with E-state index in [2.05, 4.69) is 10.3 Å². The summed E-state index contributed by atoms with van der Waals surface area (Å²) in [6, 6.07) is -0.522. The van der Waals surface area contributed by atoms with Crippen molar-refractivity contribution in [1.82, 2.24) is 10.3 Å². The molecule has 8 heteroatoms. The molecule has 5 nitrogen and oxygen atoms in total. The number of carbonyl (C=O) groups excluding carboxylic acids is 1. The van der Waals surface area contributed by atoms with Crippen LogP contribution in [0.25, 0.3) is 0 Å². The van der Waals surface area contributed by atoms with Crippen molar-refractivity contribution in [2.75, 3.05) is 11.5 Å². The van der Waals surface area contributed by atoms with E-state index in [0.29, 0.717) is 10.6 Å². The number of rotatable bonds is 2. The van der Waals surface area contributed by atoms with Gasteiger partial charge in [-0.3, -0.25) is 4.79 Å². The molecule has 2 rings (SSSR count). The molecule has 2 unspecified atom stereocenters. The van der Waals surface area contributed by atoms with Crippen LogP contribution in [0.5, 0.6) is 0 Å². The van der Waals surface area contributed by atoms with Crippen LogP contribution in [0.15, 0.2) is 0 Å². The van der Waals surface area contributed by atoms with Crippen molar-refractivity contribution in [1.29, 1.82) is 0 Å². The monoisotopic (exact) mass is 308 g/mol. The number of alkyl halides is 1. The minimum Gasteiger partial charge on any atom is -0.346 e. The second-order valence-electron chi connectivity index (χ2n) is 4.32. The van der Waals surface area contributed by atoms with Gasteiger partial charge in [0.1, 0.15) is 4.88 Å². The van der Waals surface area contributed by atoms with Crippen LogP contribution in [0.2, 0.25) is 0 Å². The van der Waals surface area contributed by atoms with Crippen LogP contribution in [0.1, 0.15) is 20.4 Å². The molecule has 0 radical (unpaired) electrons. The first kappa shape index (κ1) is 13.8. The van der Waals surface area contributed by atoms with E-state index < -0.39 is 21.3 Å². The molecular formula is C10H13ClN2O3S2. The molecule has 0 spiro atoms. The summed E-state index contributed by atoms with van der Waals surface area (Å²) in [6.45, 7) is 3.57. The molecule has 1 fully saturated rings. The van der Waals surface area contributed by atoms with Crippen LogP contribution >= 0.6 is 22.9 Å². The zero-order chi connectivity index (χ0) is 13.5. The Bertz CT molecular complexity index is 582. The number of thiazole rings is 1. The van der Waals surface area contributed by atoms with Crippen LogP contribution in [-0.4, -0.2) is 42.2 Å². The van der Waals surface area contributed by atoms with E-state index in [1.165, 1.54) is 11.3 Å². The Morgan fingerprint density at radius 2 is 2.11 bits per heavy atom. The second kappa shape index (κ2) is 4.79. The Balaban J connectivity index is 2.11. The number of hydrogen-bond donors (Lipinski definition) is 1. The van der Waals surface area contributed by atoms with Gasteiger partial charge in [0.25, 0.3) is 5.91 Å². The zero-order valence-corrected chi connectivity index (χ0v) is 12.3. The number of amides is 1. The molecule has 1 amide bonds. The number of aromatic nitrogens is 1. The summed E-state index contributed by atoms with van der Waals surface area (Å²) in [5.41, 5.74) is 0.655. The molecule has 0 aliphatic carbocycles. The summed E-state index contributed by atoms with van der Waals surface area (Å²) in [5, 5.41) is 2.92. The third-order valence-electron chi connectivity index (χ3n) is 2.71. The molecule has 0 bridgehead atoms. The Kier molecular flexibility index (Phi) is 3.66. The fraction of sp³-hybridized carbons (Fsp3) is 0.600. The summed E-state index contributed by atoms with van der Waals surface area (Å²) >= 11 is 7.22. The van der Waals surface area contributed by atoms with Crippen molar-refractivity contribution in [3.8, 4) is 0 Å². The van der Waals surface area contributed by atoms with Gasteiger partial charge in [0.05, 0.1) is 33.6 Å². The van der Waals surface area contributed by atoms with E-state index in [1.807, 2.05) is 6.92 Å². The van der Waals surface area contributed by atoms with Crippen LogP contribution in [0, 0.1) is 13.8 Å². The molecule has 1 N–H and O–H groups in total. The Hall–Kier alpha value is -0.660. The SMILES string of the molecule is Cc1nc(C)c(C(=O)NC2CS(=O)(=O)CC2Cl)s1. The van der Waals surface area contributed by atoms with Crippen LogP contribution in [0.4, 0.5) is 0 Å². The maximum atomic E-state index is 12.0. The van der Waals surface area contributed by atoms with Crippen LogP contribution in [-0.2, 0) is 9.84 Å². The smallest absolute Gasteiger partial charge is 0.263 e. The van der Waals surface area contributed by atoms with E-state index in [0.717, 1.165) is 5.01 Å². The van der Waals surface area contributed by atoms with Gasteiger partial charge in [0.15, 0.2) is 9.84 Å². The van der Waals surface area contributed by atoms with E-state index in [1.54, 1.807) is 6.92 Å². The first-order chi connectivity index (χ1) is 8.28. The average Bonchev–Trinajstić information content (AvgIpc) is 2.66. The predicted molar refractivity (Wildman–Crippen MR) is 71.1 cm³/mol. The van der Waals surface area contributed by atoms with Gasteiger partial charge in [-0.25, -0.2) is 13.4 Å². The molecular weight excluding hydrogens is 296 g/mol. The van der Waals surface area contributed by atoms with Crippen LogP contribution < -0.4 is 5.32 Å². The van der Waals surface area contributed by atoms with Gasteiger partial charge in [-0.1, -0.05) is 0 Å². The van der Waals surface area contributed by atoms with E-state index in [4.69, 9.17) is 11.6 Å². The molecule has 0 aromatic carbocycles. The lowest BCUT2D eigenvalue weighted by Gasteiger charge is -2.13. The maximum Gasteiger partial charge on any atom is 0.263 e. The highest BCUT2D eigenvalue weighted by molar-refractivity contribution is 7.91. The highest BCUT2D eigenvalue weighted by Gasteiger charge is 2.37. The number of carbonyl (C=O) groups is 1. The fourth-order valence-electron chi connectivity index (χ4n) is 1.91. The third kappa shape index (κ3) is 2.84. The molecule has 1 aliphatic heterocycles. The van der Waals surface area contributed by atoms with Gasteiger partial charge in [-0.2, -0.15) is 0 Å². The first-order valence-electron chi connectivity index (χ1n) is 5.38. The van der Waals surface area contributed by atoms with Crippen molar-refractivity contribution in [2.45, 2.75) is 25.3 Å². The predicted octanol–water partition coefficient (Wildman–Crippen LogP) is 0.894. The molecule has 0 saturated carbocycles. The number of nitrogens with zero attached hydrogens (tertiary/aromatic N) is 1. The van der Waals surface area contributed by atoms with Crippen LogP contribution in [0.3, 0.4) is 0 Å². The zero-order valence-electron chi connectivity index (χ0n) is 9.94. The van der Waals surface area contributed by atoms with Gasteiger partial charge in [-0.15, -0.1) is 22.9 Å². The number of sulfone groups is 1. The Labute approximate surface area is 114 Å². The molecule has 2 heterocycles. The highest BCUT2D eigenvalue weighted by atomic mass is 35.5. The van der Waals surface area contributed by atoms with Crippen molar-refractivity contribution < 1.29 is 13.2 Å². The summed E-state index contributed by atoms with van der Waals surface area (Å²) in [5.74, 6) is -0.477. The topological polar surface area (TPSA) is 76.1 Å². The molecule has 1 saturated heterocycles. The molecule has 18 heavy (non-hydrogen) atoms. The Morgan fingerprint density at radius 1 is 1.44 bits per heavy atom. The van der Waals surface area contributed by atoms with Gasteiger partial charge in [0.2, 0.25) is 0 Å². The van der Waals surface area contributed by atoms with Crippen molar-refractivity contribution >= 4 is 38.7 Å². The second-order valence-corrected chi connectivity index (χ2v) is 8.24. The lowest BCUT2D eigenvalue weighted by Crippen LogP contribution is -2.40. The van der Waals surface area contributed by atoms with E-state index >= 15 is 0 Å². The quantitative estimate of drug-likeness (QED) is 0.823.